The summed E-state index contributed by atoms with van der Waals surface area (Å²) in [6.45, 7) is 0. The maximum absolute atomic E-state index is 8.90. The van der Waals surface area contributed by atoms with Gasteiger partial charge in [-0.05, 0) is 5.56 Å². The Morgan fingerprint density at radius 2 is 2.05 bits per heavy atom. The van der Waals surface area contributed by atoms with Crippen molar-refractivity contribution in [3.63, 3.8) is 0 Å². The van der Waals surface area contributed by atoms with Crippen molar-refractivity contribution in [2.45, 2.75) is 10.9 Å². The van der Waals surface area contributed by atoms with Crippen LogP contribution in [-0.4, -0.2) is 19.6 Å². The van der Waals surface area contributed by atoms with Gasteiger partial charge in [-0.3, -0.25) is 0 Å². The van der Waals surface area contributed by atoms with Gasteiger partial charge in [0, 0.05) is 5.75 Å². The van der Waals surface area contributed by atoms with Gasteiger partial charge in [0.15, 0.2) is 0 Å². The number of anilines is 1. The molecule has 0 amide bonds. The van der Waals surface area contributed by atoms with Crippen molar-refractivity contribution in [1.29, 1.82) is 5.26 Å². The van der Waals surface area contributed by atoms with Crippen LogP contribution in [0.15, 0.2) is 41.7 Å². The molecule has 0 spiro atoms. The van der Waals surface area contributed by atoms with Crippen LogP contribution < -0.4 is 5.73 Å². The molecular weight excluding hydrogens is 272 g/mol. The molecule has 3 aromatic rings. The van der Waals surface area contributed by atoms with Crippen LogP contribution in [0.3, 0.4) is 0 Å². The SMILES string of the molecule is N#Cc1cn2nc(SCc3ccccc3)nc2nc1N. The lowest BCUT2D eigenvalue weighted by molar-refractivity contribution is 0.878. The Morgan fingerprint density at radius 1 is 1.25 bits per heavy atom. The minimum Gasteiger partial charge on any atom is -0.382 e. The van der Waals surface area contributed by atoms with Gasteiger partial charge in [0.2, 0.25) is 5.16 Å². The second-order valence-corrected chi connectivity index (χ2v) is 5.01. The molecular formula is C13H10N6S. The normalized spacial score (nSPS) is 10.6. The first-order valence-electron chi connectivity index (χ1n) is 5.86. The van der Waals surface area contributed by atoms with Crippen LogP contribution in [0.4, 0.5) is 5.82 Å². The summed E-state index contributed by atoms with van der Waals surface area (Å²) in [7, 11) is 0. The fraction of sp³-hybridized carbons (Fsp3) is 0.0769. The molecule has 0 fully saturated rings. The Labute approximate surface area is 119 Å². The molecule has 0 radical (unpaired) electrons. The van der Waals surface area contributed by atoms with E-state index in [9.17, 15) is 0 Å². The first kappa shape index (κ1) is 12.4. The minimum absolute atomic E-state index is 0.173. The Balaban J connectivity index is 1.85. The van der Waals surface area contributed by atoms with Crippen LogP contribution in [0.2, 0.25) is 0 Å². The number of nitrogen functional groups attached to an aromatic ring is 1. The Kier molecular flexibility index (Phi) is 3.23. The van der Waals surface area contributed by atoms with Crippen molar-refractivity contribution in [3.8, 4) is 6.07 Å². The maximum Gasteiger partial charge on any atom is 0.255 e. The van der Waals surface area contributed by atoms with E-state index >= 15 is 0 Å². The summed E-state index contributed by atoms with van der Waals surface area (Å²) in [4.78, 5) is 8.33. The fourth-order valence-electron chi connectivity index (χ4n) is 1.68. The van der Waals surface area contributed by atoms with Crippen LogP contribution in [0, 0.1) is 11.3 Å². The number of rotatable bonds is 3. The minimum atomic E-state index is 0.173. The molecule has 3 rings (SSSR count). The number of aromatic nitrogens is 4. The highest BCUT2D eigenvalue weighted by molar-refractivity contribution is 7.98. The van der Waals surface area contributed by atoms with Gasteiger partial charge in [-0.15, -0.1) is 5.10 Å². The first-order chi connectivity index (χ1) is 9.76. The van der Waals surface area contributed by atoms with Crippen molar-refractivity contribution < 1.29 is 0 Å². The number of hydrogen-bond donors (Lipinski definition) is 1. The van der Waals surface area contributed by atoms with Gasteiger partial charge in [0.05, 0.1) is 6.20 Å². The van der Waals surface area contributed by atoms with Gasteiger partial charge in [-0.1, -0.05) is 42.1 Å². The molecule has 20 heavy (non-hydrogen) atoms. The van der Waals surface area contributed by atoms with Crippen LogP contribution >= 0.6 is 11.8 Å². The molecule has 0 atom stereocenters. The standard InChI is InChI=1S/C13H10N6S/c14-6-10-7-19-12(16-11(10)15)17-13(18-19)20-8-9-4-2-1-3-5-9/h1-5,7H,8H2,(H2,15,16,17,18). The summed E-state index contributed by atoms with van der Waals surface area (Å²) in [6, 6.07) is 12.0. The summed E-state index contributed by atoms with van der Waals surface area (Å²) in [5, 5.41) is 13.8. The molecule has 98 valence electrons. The van der Waals surface area contributed by atoms with Crippen molar-refractivity contribution >= 4 is 23.4 Å². The van der Waals surface area contributed by atoms with Crippen molar-refractivity contribution in [2.24, 2.45) is 0 Å². The first-order valence-corrected chi connectivity index (χ1v) is 6.84. The highest BCUT2D eigenvalue weighted by atomic mass is 32.2. The van der Waals surface area contributed by atoms with Crippen molar-refractivity contribution in [2.75, 3.05) is 5.73 Å². The average Bonchev–Trinajstić information content (AvgIpc) is 2.87. The number of thioether (sulfide) groups is 1. The molecule has 0 unspecified atom stereocenters. The second-order valence-electron chi connectivity index (χ2n) is 4.06. The lowest BCUT2D eigenvalue weighted by Crippen LogP contribution is -1.99. The van der Waals surface area contributed by atoms with E-state index in [1.165, 1.54) is 28.0 Å². The van der Waals surface area contributed by atoms with E-state index < -0.39 is 0 Å². The van der Waals surface area contributed by atoms with E-state index in [0.717, 1.165) is 5.75 Å². The van der Waals surface area contributed by atoms with E-state index in [1.807, 2.05) is 36.4 Å². The molecule has 1 aromatic carbocycles. The van der Waals surface area contributed by atoms with E-state index in [0.29, 0.717) is 16.5 Å². The molecule has 0 aliphatic rings. The third-order valence-electron chi connectivity index (χ3n) is 2.67. The molecule has 7 heteroatoms. The van der Waals surface area contributed by atoms with Crippen LogP contribution in [0.5, 0.6) is 0 Å². The molecule has 0 saturated carbocycles. The van der Waals surface area contributed by atoms with Crippen molar-refractivity contribution in [1.82, 2.24) is 19.6 Å². The van der Waals surface area contributed by atoms with Gasteiger partial charge in [0.1, 0.15) is 17.5 Å². The highest BCUT2D eigenvalue weighted by Crippen LogP contribution is 2.20. The topological polar surface area (TPSA) is 92.9 Å². The van der Waals surface area contributed by atoms with E-state index in [4.69, 9.17) is 11.0 Å². The molecule has 2 aromatic heterocycles. The number of hydrogen-bond acceptors (Lipinski definition) is 6. The zero-order chi connectivity index (χ0) is 13.9. The molecule has 0 saturated heterocycles. The second kappa shape index (κ2) is 5.19. The molecule has 0 aliphatic heterocycles. The maximum atomic E-state index is 8.90. The van der Waals surface area contributed by atoms with E-state index in [2.05, 4.69) is 15.1 Å². The summed E-state index contributed by atoms with van der Waals surface area (Å²) in [6.07, 6.45) is 1.54. The number of fused-ring (bicyclic) bond motifs is 1. The Bertz CT molecular complexity index is 790. The zero-order valence-electron chi connectivity index (χ0n) is 10.4. The number of nitriles is 1. The molecule has 2 heterocycles. The largest absolute Gasteiger partial charge is 0.382 e. The zero-order valence-corrected chi connectivity index (χ0v) is 11.2. The lowest BCUT2D eigenvalue weighted by Gasteiger charge is -1.96. The van der Waals surface area contributed by atoms with Gasteiger partial charge >= 0.3 is 0 Å². The predicted molar refractivity (Wildman–Crippen MR) is 75.9 cm³/mol. The fourth-order valence-corrected chi connectivity index (χ4v) is 2.46. The monoisotopic (exact) mass is 282 g/mol. The van der Waals surface area contributed by atoms with Crippen LogP contribution in [0.25, 0.3) is 5.78 Å². The van der Waals surface area contributed by atoms with E-state index in [1.54, 1.807) is 0 Å². The lowest BCUT2D eigenvalue weighted by atomic mass is 10.2. The van der Waals surface area contributed by atoms with Gasteiger partial charge in [-0.25, -0.2) is 4.52 Å². The van der Waals surface area contributed by atoms with Crippen molar-refractivity contribution in [3.05, 3.63) is 47.7 Å². The summed E-state index contributed by atoms with van der Waals surface area (Å²) >= 11 is 1.51. The molecule has 6 nitrogen and oxygen atoms in total. The molecule has 0 bridgehead atoms. The number of nitrogens with two attached hydrogens (primary N) is 1. The van der Waals surface area contributed by atoms with E-state index in [-0.39, 0.29) is 5.82 Å². The molecule has 0 aliphatic carbocycles. The quantitative estimate of drug-likeness (QED) is 0.737. The van der Waals surface area contributed by atoms with Gasteiger partial charge < -0.3 is 5.73 Å². The highest BCUT2D eigenvalue weighted by Gasteiger charge is 2.09. The Hall–Kier alpha value is -2.59. The van der Waals surface area contributed by atoms with Crippen LogP contribution in [-0.2, 0) is 5.75 Å². The summed E-state index contributed by atoms with van der Waals surface area (Å²) in [5.74, 6) is 1.35. The predicted octanol–water partition coefficient (Wildman–Crippen LogP) is 1.87. The average molecular weight is 282 g/mol. The summed E-state index contributed by atoms with van der Waals surface area (Å²) < 4.78 is 1.47. The Morgan fingerprint density at radius 3 is 2.80 bits per heavy atom. The third kappa shape index (κ3) is 2.41. The molecule has 2 N–H and O–H groups in total. The number of nitrogens with zero attached hydrogens (tertiary/aromatic N) is 5. The summed E-state index contributed by atoms with van der Waals surface area (Å²) in [5.41, 5.74) is 7.14. The smallest absolute Gasteiger partial charge is 0.255 e. The van der Waals surface area contributed by atoms with Crippen LogP contribution in [0.1, 0.15) is 11.1 Å². The van der Waals surface area contributed by atoms with Gasteiger partial charge in [-0.2, -0.15) is 15.2 Å². The number of benzene rings is 1. The van der Waals surface area contributed by atoms with Gasteiger partial charge in [0.25, 0.3) is 5.78 Å². The third-order valence-corrected chi connectivity index (χ3v) is 3.58.